The molecule has 2 aromatic carbocycles. The van der Waals surface area contributed by atoms with Crippen molar-refractivity contribution >= 4 is 15.9 Å². The number of hydrogen-bond donors (Lipinski definition) is 1. The van der Waals surface area contributed by atoms with Gasteiger partial charge in [0.05, 0.1) is 11.6 Å². The fraction of sp³-hybridized carbons (Fsp3) is 0.250. The van der Waals surface area contributed by atoms with Gasteiger partial charge in [0.1, 0.15) is 17.7 Å². The molecule has 2 rings (SSSR count). The third kappa shape index (κ3) is 2.86. The maximum absolute atomic E-state index is 13.6. The second-order valence-electron chi connectivity index (χ2n) is 4.76. The molecule has 0 heterocycles. The lowest BCUT2D eigenvalue weighted by Gasteiger charge is -2.16. The zero-order valence-electron chi connectivity index (χ0n) is 11.6. The van der Waals surface area contributed by atoms with Crippen LogP contribution in [0.3, 0.4) is 0 Å². The van der Waals surface area contributed by atoms with Crippen LogP contribution >= 0.6 is 15.9 Å². The van der Waals surface area contributed by atoms with E-state index >= 15 is 0 Å². The van der Waals surface area contributed by atoms with E-state index < -0.39 is 6.10 Å². The van der Waals surface area contributed by atoms with Crippen LogP contribution in [0.5, 0.6) is 5.75 Å². The van der Waals surface area contributed by atoms with Crippen LogP contribution in [0.2, 0.25) is 0 Å². The van der Waals surface area contributed by atoms with Gasteiger partial charge in [0.25, 0.3) is 0 Å². The lowest BCUT2D eigenvalue weighted by Crippen LogP contribution is -2.03. The van der Waals surface area contributed by atoms with Gasteiger partial charge in [0, 0.05) is 0 Å². The summed E-state index contributed by atoms with van der Waals surface area (Å²) in [6.45, 7) is 3.84. The first-order valence-corrected chi connectivity index (χ1v) is 7.01. The Bertz CT molecular complexity index is 617. The average Bonchev–Trinajstić information content (AvgIpc) is 2.40. The molecule has 0 aliphatic rings. The minimum absolute atomic E-state index is 0.385. The Balaban J connectivity index is 2.42. The van der Waals surface area contributed by atoms with Crippen molar-refractivity contribution in [1.29, 1.82) is 0 Å². The van der Waals surface area contributed by atoms with Gasteiger partial charge in [-0.15, -0.1) is 0 Å². The van der Waals surface area contributed by atoms with Crippen molar-refractivity contribution in [3.05, 3.63) is 62.9 Å². The second kappa shape index (κ2) is 5.94. The maximum atomic E-state index is 13.6. The summed E-state index contributed by atoms with van der Waals surface area (Å²) in [4.78, 5) is 0. The summed E-state index contributed by atoms with van der Waals surface area (Å²) < 4.78 is 19.2. The van der Waals surface area contributed by atoms with Crippen LogP contribution in [0.4, 0.5) is 4.39 Å². The van der Waals surface area contributed by atoms with E-state index in [1.54, 1.807) is 19.2 Å². The van der Waals surface area contributed by atoms with Gasteiger partial charge in [-0.25, -0.2) is 4.39 Å². The Kier molecular flexibility index (Phi) is 4.45. The van der Waals surface area contributed by atoms with Gasteiger partial charge in [-0.1, -0.05) is 6.07 Å². The molecule has 0 saturated carbocycles. The van der Waals surface area contributed by atoms with Crippen molar-refractivity contribution in [2.45, 2.75) is 20.0 Å². The van der Waals surface area contributed by atoms with Gasteiger partial charge in [-0.3, -0.25) is 0 Å². The molecule has 0 amide bonds. The van der Waals surface area contributed by atoms with Crippen molar-refractivity contribution in [2.24, 2.45) is 0 Å². The SMILES string of the molecule is COc1c(C)cc(C(O)c2ccc(Br)c(F)c2)cc1C. The number of rotatable bonds is 3. The summed E-state index contributed by atoms with van der Waals surface area (Å²) in [5.41, 5.74) is 3.13. The molecule has 2 nitrogen and oxygen atoms in total. The Morgan fingerprint density at radius 2 is 1.70 bits per heavy atom. The number of aliphatic hydroxyl groups is 1. The minimum atomic E-state index is -0.860. The number of halogens is 2. The molecule has 106 valence electrons. The highest BCUT2D eigenvalue weighted by Gasteiger charge is 2.15. The van der Waals surface area contributed by atoms with Crippen LogP contribution in [0.15, 0.2) is 34.8 Å². The Labute approximate surface area is 126 Å². The highest BCUT2D eigenvalue weighted by Crippen LogP contribution is 2.31. The van der Waals surface area contributed by atoms with Crippen molar-refractivity contribution < 1.29 is 14.2 Å². The zero-order chi connectivity index (χ0) is 14.9. The van der Waals surface area contributed by atoms with E-state index in [9.17, 15) is 9.50 Å². The van der Waals surface area contributed by atoms with E-state index in [0.717, 1.165) is 22.4 Å². The first-order valence-electron chi connectivity index (χ1n) is 6.22. The molecular weight excluding hydrogens is 323 g/mol. The molecule has 0 aromatic heterocycles. The van der Waals surface area contributed by atoms with Crippen LogP contribution in [0, 0.1) is 19.7 Å². The molecule has 2 aromatic rings. The molecule has 1 atom stereocenters. The smallest absolute Gasteiger partial charge is 0.137 e. The minimum Gasteiger partial charge on any atom is -0.496 e. The molecule has 0 aliphatic heterocycles. The van der Waals surface area contributed by atoms with Gasteiger partial charge >= 0.3 is 0 Å². The highest BCUT2D eigenvalue weighted by molar-refractivity contribution is 9.10. The summed E-state index contributed by atoms with van der Waals surface area (Å²) in [5, 5.41) is 10.4. The molecule has 1 N–H and O–H groups in total. The average molecular weight is 339 g/mol. The van der Waals surface area contributed by atoms with Gasteiger partial charge in [-0.2, -0.15) is 0 Å². The number of benzene rings is 2. The normalized spacial score (nSPS) is 12.3. The molecule has 0 saturated heterocycles. The van der Waals surface area contributed by atoms with Gasteiger partial charge < -0.3 is 9.84 Å². The van der Waals surface area contributed by atoms with Gasteiger partial charge in [0.2, 0.25) is 0 Å². The topological polar surface area (TPSA) is 29.5 Å². The van der Waals surface area contributed by atoms with Crippen LogP contribution < -0.4 is 4.74 Å². The fourth-order valence-electron chi connectivity index (χ4n) is 2.34. The number of hydrogen-bond acceptors (Lipinski definition) is 2. The van der Waals surface area contributed by atoms with Crippen molar-refractivity contribution in [1.82, 2.24) is 0 Å². The summed E-state index contributed by atoms with van der Waals surface area (Å²) >= 11 is 3.10. The van der Waals surface area contributed by atoms with Crippen molar-refractivity contribution in [3.8, 4) is 5.75 Å². The number of ether oxygens (including phenoxy) is 1. The Morgan fingerprint density at radius 3 is 2.20 bits per heavy atom. The van der Waals surface area contributed by atoms with E-state index in [1.807, 2.05) is 26.0 Å². The van der Waals surface area contributed by atoms with E-state index in [0.29, 0.717) is 10.0 Å². The predicted molar refractivity (Wildman–Crippen MR) is 80.6 cm³/mol. The van der Waals surface area contributed by atoms with E-state index in [4.69, 9.17) is 4.74 Å². The number of aliphatic hydroxyl groups excluding tert-OH is 1. The van der Waals surface area contributed by atoms with E-state index in [1.165, 1.54) is 6.07 Å². The third-order valence-corrected chi connectivity index (χ3v) is 3.91. The zero-order valence-corrected chi connectivity index (χ0v) is 13.2. The van der Waals surface area contributed by atoms with E-state index in [2.05, 4.69) is 15.9 Å². The lowest BCUT2D eigenvalue weighted by atomic mass is 9.97. The molecule has 0 fully saturated rings. The fourth-order valence-corrected chi connectivity index (χ4v) is 2.59. The molecule has 0 spiro atoms. The molecule has 0 aliphatic carbocycles. The highest BCUT2D eigenvalue weighted by atomic mass is 79.9. The first kappa shape index (κ1) is 15.0. The molecular formula is C16H16BrFO2. The van der Waals surface area contributed by atoms with Crippen molar-refractivity contribution in [3.63, 3.8) is 0 Å². The summed E-state index contributed by atoms with van der Waals surface area (Å²) in [6.07, 6.45) is -0.860. The largest absolute Gasteiger partial charge is 0.496 e. The van der Waals surface area contributed by atoms with Crippen LogP contribution in [0.25, 0.3) is 0 Å². The first-order chi connectivity index (χ1) is 9.43. The standard InChI is InChI=1S/C16H16BrFO2/c1-9-6-12(7-10(2)16(9)20-3)15(19)11-4-5-13(17)14(18)8-11/h4-8,15,19H,1-3H3. The maximum Gasteiger partial charge on any atom is 0.137 e. The van der Waals surface area contributed by atoms with Crippen LogP contribution in [0.1, 0.15) is 28.4 Å². The molecule has 0 radical (unpaired) electrons. The number of aryl methyl sites for hydroxylation is 2. The summed E-state index contributed by atoms with van der Waals surface area (Å²) in [6, 6.07) is 8.35. The van der Waals surface area contributed by atoms with Gasteiger partial charge in [-0.05, 0) is 76.3 Å². The lowest BCUT2D eigenvalue weighted by molar-refractivity contribution is 0.219. The summed E-state index contributed by atoms with van der Waals surface area (Å²) in [7, 11) is 1.62. The number of methoxy groups -OCH3 is 1. The van der Waals surface area contributed by atoms with Crippen LogP contribution in [-0.2, 0) is 0 Å². The second-order valence-corrected chi connectivity index (χ2v) is 5.62. The van der Waals surface area contributed by atoms with E-state index in [-0.39, 0.29) is 5.82 Å². The Hall–Kier alpha value is -1.39. The monoisotopic (exact) mass is 338 g/mol. The van der Waals surface area contributed by atoms with Gasteiger partial charge in [0.15, 0.2) is 0 Å². The summed E-state index contributed by atoms with van der Waals surface area (Å²) in [5.74, 6) is 0.423. The quantitative estimate of drug-likeness (QED) is 0.904. The van der Waals surface area contributed by atoms with Crippen LogP contribution in [-0.4, -0.2) is 12.2 Å². The predicted octanol–water partition coefficient (Wildman–Crippen LogP) is 4.30. The molecule has 4 heteroatoms. The molecule has 0 bridgehead atoms. The molecule has 20 heavy (non-hydrogen) atoms. The molecule has 1 unspecified atom stereocenters. The third-order valence-electron chi connectivity index (χ3n) is 3.26. The van der Waals surface area contributed by atoms with Crippen molar-refractivity contribution in [2.75, 3.05) is 7.11 Å². The Morgan fingerprint density at radius 1 is 1.10 bits per heavy atom.